The fraction of sp³-hybridized carbons (Fsp3) is 0.667. The molecule has 0 aromatic heterocycles. The van der Waals surface area contributed by atoms with Crippen molar-refractivity contribution in [1.29, 1.82) is 0 Å². The molecule has 0 fully saturated rings. The van der Waals surface area contributed by atoms with Crippen molar-refractivity contribution >= 4 is 21.8 Å². The number of carbonyl (C=O) groups is 1. The van der Waals surface area contributed by atoms with Crippen LogP contribution in [-0.4, -0.2) is 16.8 Å². The maximum absolute atomic E-state index is 10.8. The van der Waals surface area contributed by atoms with Gasteiger partial charge in [-0.05, 0) is 25.8 Å². The number of carbonyl (C=O) groups excluding carboxylic acids is 1. The number of hydrogen-bond donors (Lipinski definition) is 2. The number of alkyl halides is 1. The molecule has 0 bridgehead atoms. The Kier molecular flexibility index (Phi) is 7.17. The molecule has 0 aromatic carbocycles. The van der Waals surface area contributed by atoms with Gasteiger partial charge in [-0.3, -0.25) is 4.79 Å². The summed E-state index contributed by atoms with van der Waals surface area (Å²) in [6.07, 6.45) is 1.29. The SMILES string of the molecule is C=CC(=O)NCC(C)C(C)(C)Br.N. The van der Waals surface area contributed by atoms with Crippen LogP contribution >= 0.6 is 15.9 Å². The van der Waals surface area contributed by atoms with Crippen LogP contribution in [0.5, 0.6) is 0 Å². The minimum absolute atomic E-state index is 0. The van der Waals surface area contributed by atoms with Crippen LogP contribution in [0.25, 0.3) is 0 Å². The molecule has 0 saturated carbocycles. The minimum atomic E-state index is -0.112. The standard InChI is InChI=1S/C9H16BrNO.H3N/c1-5-8(12)11-6-7(2)9(3,4)10;/h5,7H,1,6H2,2-4H3,(H,11,12);1H3. The third-order valence-corrected chi connectivity index (χ3v) is 2.72. The van der Waals surface area contributed by atoms with Crippen LogP contribution in [0.2, 0.25) is 0 Å². The third kappa shape index (κ3) is 6.78. The van der Waals surface area contributed by atoms with E-state index in [1.54, 1.807) is 0 Å². The van der Waals surface area contributed by atoms with Crippen LogP contribution in [0.1, 0.15) is 20.8 Å². The highest BCUT2D eigenvalue weighted by Gasteiger charge is 2.21. The Morgan fingerprint density at radius 1 is 1.69 bits per heavy atom. The summed E-state index contributed by atoms with van der Waals surface area (Å²) in [6, 6.07) is 0. The van der Waals surface area contributed by atoms with Crippen LogP contribution in [0, 0.1) is 5.92 Å². The van der Waals surface area contributed by atoms with Gasteiger partial charge in [0.25, 0.3) is 0 Å². The molecule has 1 amide bonds. The van der Waals surface area contributed by atoms with Gasteiger partial charge < -0.3 is 11.5 Å². The molecule has 3 nitrogen and oxygen atoms in total. The van der Waals surface area contributed by atoms with E-state index in [-0.39, 0.29) is 16.4 Å². The van der Waals surface area contributed by atoms with Gasteiger partial charge in [0.15, 0.2) is 0 Å². The van der Waals surface area contributed by atoms with E-state index < -0.39 is 0 Å². The van der Waals surface area contributed by atoms with Gasteiger partial charge in [0, 0.05) is 10.9 Å². The van der Waals surface area contributed by atoms with Gasteiger partial charge in [0.05, 0.1) is 0 Å². The van der Waals surface area contributed by atoms with Crippen LogP contribution in [-0.2, 0) is 4.79 Å². The van der Waals surface area contributed by atoms with E-state index in [0.717, 1.165) is 0 Å². The molecule has 0 aliphatic rings. The van der Waals surface area contributed by atoms with E-state index in [1.807, 2.05) is 0 Å². The van der Waals surface area contributed by atoms with E-state index in [4.69, 9.17) is 0 Å². The topological polar surface area (TPSA) is 64.1 Å². The van der Waals surface area contributed by atoms with Crippen molar-refractivity contribution in [3.8, 4) is 0 Å². The Morgan fingerprint density at radius 2 is 2.15 bits per heavy atom. The zero-order chi connectivity index (χ0) is 9.78. The summed E-state index contributed by atoms with van der Waals surface area (Å²) in [4.78, 5) is 10.8. The molecule has 0 aliphatic heterocycles. The predicted molar refractivity (Wildman–Crippen MR) is 60.4 cm³/mol. The maximum Gasteiger partial charge on any atom is 0.243 e. The molecule has 0 spiro atoms. The fourth-order valence-electron chi connectivity index (χ4n) is 0.569. The van der Waals surface area contributed by atoms with Gasteiger partial charge >= 0.3 is 0 Å². The summed E-state index contributed by atoms with van der Waals surface area (Å²) < 4.78 is 0.0570. The maximum atomic E-state index is 10.8. The second-order valence-electron chi connectivity index (χ2n) is 3.41. The Hall–Kier alpha value is -0.350. The first kappa shape index (κ1) is 15.1. The van der Waals surface area contributed by atoms with Crippen LogP contribution in [0.4, 0.5) is 0 Å². The van der Waals surface area contributed by atoms with Crippen molar-refractivity contribution in [2.24, 2.45) is 5.92 Å². The smallest absolute Gasteiger partial charge is 0.243 e. The lowest BCUT2D eigenvalue weighted by atomic mass is 9.98. The van der Waals surface area contributed by atoms with E-state index >= 15 is 0 Å². The Bertz CT molecular complexity index is 175. The lowest BCUT2D eigenvalue weighted by Gasteiger charge is -2.24. The Labute approximate surface area is 88.7 Å². The molecule has 1 atom stereocenters. The molecule has 0 aliphatic carbocycles. The van der Waals surface area contributed by atoms with Gasteiger partial charge in [-0.25, -0.2) is 0 Å². The summed E-state index contributed by atoms with van der Waals surface area (Å²) >= 11 is 3.54. The third-order valence-electron chi connectivity index (χ3n) is 1.94. The molecule has 0 rings (SSSR count). The van der Waals surface area contributed by atoms with Crippen LogP contribution in [0.3, 0.4) is 0 Å². The molecule has 0 radical (unpaired) electrons. The van der Waals surface area contributed by atoms with Crippen molar-refractivity contribution in [2.45, 2.75) is 25.1 Å². The summed E-state index contributed by atoms with van der Waals surface area (Å²) in [5.41, 5.74) is 0. The fourth-order valence-corrected chi connectivity index (χ4v) is 0.730. The van der Waals surface area contributed by atoms with Crippen molar-refractivity contribution in [3.63, 3.8) is 0 Å². The highest BCUT2D eigenvalue weighted by molar-refractivity contribution is 9.10. The molecule has 0 heterocycles. The second-order valence-corrected chi connectivity index (χ2v) is 5.46. The lowest BCUT2D eigenvalue weighted by Crippen LogP contribution is -2.34. The normalized spacial score (nSPS) is 12.6. The number of hydrogen-bond acceptors (Lipinski definition) is 2. The van der Waals surface area contributed by atoms with E-state index in [2.05, 4.69) is 48.6 Å². The summed E-state index contributed by atoms with van der Waals surface area (Å²) in [5, 5.41) is 2.75. The Morgan fingerprint density at radius 3 is 2.46 bits per heavy atom. The van der Waals surface area contributed by atoms with Crippen molar-refractivity contribution < 1.29 is 4.79 Å². The second kappa shape index (κ2) is 6.16. The highest BCUT2D eigenvalue weighted by Crippen LogP contribution is 2.25. The quantitative estimate of drug-likeness (QED) is 0.594. The number of amides is 1. The van der Waals surface area contributed by atoms with Crippen LogP contribution < -0.4 is 11.5 Å². The summed E-state index contributed by atoms with van der Waals surface area (Å²) in [6.45, 7) is 10.3. The van der Waals surface area contributed by atoms with E-state index in [1.165, 1.54) is 6.08 Å². The molecule has 13 heavy (non-hydrogen) atoms. The molecule has 4 heteroatoms. The number of rotatable bonds is 4. The number of nitrogens with one attached hydrogen (secondary N) is 1. The minimum Gasteiger partial charge on any atom is -0.352 e. The average Bonchev–Trinajstić information content (AvgIpc) is 1.97. The zero-order valence-electron chi connectivity index (χ0n) is 8.56. The van der Waals surface area contributed by atoms with Gasteiger partial charge in [-0.1, -0.05) is 29.4 Å². The van der Waals surface area contributed by atoms with Gasteiger partial charge in [-0.2, -0.15) is 0 Å². The lowest BCUT2D eigenvalue weighted by molar-refractivity contribution is -0.116. The van der Waals surface area contributed by atoms with Crippen LogP contribution in [0.15, 0.2) is 12.7 Å². The predicted octanol–water partition coefficient (Wildman–Crippen LogP) is 2.26. The first-order valence-corrected chi connectivity index (χ1v) is 4.76. The Balaban J connectivity index is 0. The number of halogens is 1. The van der Waals surface area contributed by atoms with Gasteiger partial charge in [0.2, 0.25) is 5.91 Å². The molecule has 0 saturated heterocycles. The molecule has 4 N–H and O–H groups in total. The summed E-state index contributed by atoms with van der Waals surface area (Å²) in [5.74, 6) is 0.278. The summed E-state index contributed by atoms with van der Waals surface area (Å²) in [7, 11) is 0. The first-order valence-electron chi connectivity index (χ1n) is 3.97. The average molecular weight is 251 g/mol. The first-order chi connectivity index (χ1) is 5.38. The van der Waals surface area contributed by atoms with Gasteiger partial charge in [-0.15, -0.1) is 0 Å². The molecule has 0 aromatic rings. The molecular weight excluding hydrogens is 232 g/mol. The zero-order valence-corrected chi connectivity index (χ0v) is 10.1. The van der Waals surface area contributed by atoms with Crippen molar-refractivity contribution in [1.82, 2.24) is 11.5 Å². The molecule has 1 unspecified atom stereocenters. The van der Waals surface area contributed by atoms with Crippen molar-refractivity contribution in [3.05, 3.63) is 12.7 Å². The largest absolute Gasteiger partial charge is 0.352 e. The van der Waals surface area contributed by atoms with E-state index in [0.29, 0.717) is 12.5 Å². The van der Waals surface area contributed by atoms with Gasteiger partial charge in [0.1, 0.15) is 0 Å². The van der Waals surface area contributed by atoms with Crippen molar-refractivity contribution in [2.75, 3.05) is 6.54 Å². The molecular formula is C9H19BrN2O. The highest BCUT2D eigenvalue weighted by atomic mass is 79.9. The molecule has 78 valence electrons. The monoisotopic (exact) mass is 250 g/mol. The van der Waals surface area contributed by atoms with E-state index in [9.17, 15) is 4.79 Å².